The molecular formula is C18H20BN2O4. The summed E-state index contributed by atoms with van der Waals surface area (Å²) in [7, 11) is 7.92. The standard InChI is InChI=1S/C18H20BN2O4/c1-20(2)17(22)13-7-5-9-15(11-13)24-19-25-16-10-6-8-14(12-16)18(23)21(3)4/h5-12H,1-4H3. The summed E-state index contributed by atoms with van der Waals surface area (Å²) in [6, 6.07) is 13.6. The van der Waals surface area contributed by atoms with Gasteiger partial charge in [-0.2, -0.15) is 0 Å². The van der Waals surface area contributed by atoms with Gasteiger partial charge in [-0.05, 0) is 36.4 Å². The molecule has 0 heterocycles. The van der Waals surface area contributed by atoms with Crippen LogP contribution in [0.25, 0.3) is 0 Å². The summed E-state index contributed by atoms with van der Waals surface area (Å²) in [5.41, 5.74) is 1.05. The van der Waals surface area contributed by atoms with Gasteiger partial charge in [0.2, 0.25) is 0 Å². The molecule has 2 amide bonds. The number of carbonyl (C=O) groups excluding carboxylic acids is 2. The van der Waals surface area contributed by atoms with Gasteiger partial charge in [0.25, 0.3) is 11.8 Å². The van der Waals surface area contributed by atoms with Gasteiger partial charge in [0.15, 0.2) is 0 Å². The van der Waals surface area contributed by atoms with E-state index in [1.54, 1.807) is 76.7 Å². The minimum absolute atomic E-state index is 0.110. The molecular weight excluding hydrogens is 319 g/mol. The molecule has 2 aromatic rings. The molecule has 25 heavy (non-hydrogen) atoms. The Balaban J connectivity index is 1.97. The van der Waals surface area contributed by atoms with Crippen LogP contribution in [0, 0.1) is 0 Å². The van der Waals surface area contributed by atoms with Crippen LogP contribution in [0.4, 0.5) is 0 Å². The zero-order valence-electron chi connectivity index (χ0n) is 14.7. The lowest BCUT2D eigenvalue weighted by atomic mass is 10.2. The molecule has 0 aromatic heterocycles. The van der Waals surface area contributed by atoms with Crippen molar-refractivity contribution < 1.29 is 18.9 Å². The van der Waals surface area contributed by atoms with Crippen molar-refractivity contribution in [3.8, 4) is 11.5 Å². The number of rotatable bonds is 6. The van der Waals surface area contributed by atoms with Gasteiger partial charge in [-0.25, -0.2) is 0 Å². The third kappa shape index (κ3) is 5.01. The number of nitrogens with zero attached hydrogens (tertiary/aromatic N) is 2. The lowest BCUT2D eigenvalue weighted by Crippen LogP contribution is -2.22. The highest BCUT2D eigenvalue weighted by molar-refractivity contribution is 6.20. The number of carbonyl (C=O) groups is 2. The molecule has 129 valence electrons. The van der Waals surface area contributed by atoms with E-state index in [2.05, 4.69) is 0 Å². The fraction of sp³-hybridized carbons (Fsp3) is 0.222. The monoisotopic (exact) mass is 339 g/mol. The van der Waals surface area contributed by atoms with Crippen LogP contribution in [0.5, 0.6) is 11.5 Å². The summed E-state index contributed by atoms with van der Waals surface area (Å²) in [6.45, 7) is 0. The van der Waals surface area contributed by atoms with Crippen LogP contribution in [-0.4, -0.2) is 57.5 Å². The van der Waals surface area contributed by atoms with Crippen LogP contribution < -0.4 is 9.31 Å². The van der Waals surface area contributed by atoms with Gasteiger partial charge in [-0.1, -0.05) is 12.1 Å². The number of amides is 2. The lowest BCUT2D eigenvalue weighted by Gasteiger charge is -2.12. The average molecular weight is 339 g/mol. The summed E-state index contributed by atoms with van der Waals surface area (Å²) in [5.74, 6) is 0.740. The van der Waals surface area contributed by atoms with Crippen molar-refractivity contribution >= 4 is 19.5 Å². The molecule has 0 aliphatic rings. The fourth-order valence-electron chi connectivity index (χ4n) is 2.06. The Labute approximate surface area is 148 Å². The Morgan fingerprint density at radius 1 is 0.760 bits per heavy atom. The molecule has 0 saturated heterocycles. The van der Waals surface area contributed by atoms with E-state index in [0.29, 0.717) is 22.6 Å². The minimum Gasteiger partial charge on any atom is -0.526 e. The van der Waals surface area contributed by atoms with Gasteiger partial charge in [-0.3, -0.25) is 9.59 Å². The summed E-state index contributed by atoms with van der Waals surface area (Å²) in [4.78, 5) is 26.9. The first-order valence-corrected chi connectivity index (χ1v) is 7.67. The van der Waals surface area contributed by atoms with Gasteiger partial charge in [0.05, 0.1) is 0 Å². The molecule has 0 saturated carbocycles. The van der Waals surface area contributed by atoms with E-state index in [9.17, 15) is 9.59 Å². The second-order valence-electron chi connectivity index (χ2n) is 5.79. The van der Waals surface area contributed by atoms with Crippen LogP contribution in [0.3, 0.4) is 0 Å². The Bertz CT molecular complexity index is 699. The number of hydrogen-bond donors (Lipinski definition) is 0. The quantitative estimate of drug-likeness (QED) is 0.756. The van der Waals surface area contributed by atoms with E-state index in [-0.39, 0.29) is 11.8 Å². The molecule has 0 unspecified atom stereocenters. The predicted octanol–water partition coefficient (Wildman–Crippen LogP) is 2.08. The van der Waals surface area contributed by atoms with Crippen molar-refractivity contribution in [3.05, 3.63) is 59.7 Å². The highest BCUT2D eigenvalue weighted by Crippen LogP contribution is 2.16. The van der Waals surface area contributed by atoms with E-state index < -0.39 is 0 Å². The zero-order chi connectivity index (χ0) is 18.4. The van der Waals surface area contributed by atoms with Crippen LogP contribution in [0.1, 0.15) is 20.7 Å². The fourth-order valence-corrected chi connectivity index (χ4v) is 2.06. The van der Waals surface area contributed by atoms with Crippen LogP contribution >= 0.6 is 0 Å². The van der Waals surface area contributed by atoms with E-state index in [1.165, 1.54) is 17.5 Å². The van der Waals surface area contributed by atoms with Crippen LogP contribution in [-0.2, 0) is 0 Å². The summed E-state index contributed by atoms with van der Waals surface area (Å²) >= 11 is 0. The second-order valence-corrected chi connectivity index (χ2v) is 5.79. The molecule has 2 aromatic carbocycles. The normalized spacial score (nSPS) is 9.92. The summed E-state index contributed by atoms with van der Waals surface area (Å²) in [5, 5.41) is 0. The maximum Gasteiger partial charge on any atom is 0.658 e. The van der Waals surface area contributed by atoms with E-state index in [1.807, 2.05) is 0 Å². The van der Waals surface area contributed by atoms with Gasteiger partial charge in [0.1, 0.15) is 11.5 Å². The SMILES string of the molecule is CN(C)C(=O)c1cccc(O[B]Oc2cccc(C(=O)N(C)C)c2)c1. The topological polar surface area (TPSA) is 59.1 Å². The maximum atomic E-state index is 11.9. The van der Waals surface area contributed by atoms with Gasteiger partial charge >= 0.3 is 7.69 Å². The first-order chi connectivity index (χ1) is 11.9. The molecule has 2 rings (SSSR count). The molecule has 0 aliphatic carbocycles. The van der Waals surface area contributed by atoms with Gasteiger partial charge in [0, 0.05) is 39.3 Å². The Morgan fingerprint density at radius 2 is 1.16 bits per heavy atom. The third-order valence-corrected chi connectivity index (χ3v) is 3.34. The molecule has 7 heteroatoms. The largest absolute Gasteiger partial charge is 0.658 e. The number of benzene rings is 2. The minimum atomic E-state index is -0.110. The molecule has 6 nitrogen and oxygen atoms in total. The van der Waals surface area contributed by atoms with Crippen molar-refractivity contribution in [1.29, 1.82) is 0 Å². The second kappa shape index (κ2) is 8.23. The smallest absolute Gasteiger partial charge is 0.526 e. The molecule has 1 radical (unpaired) electrons. The van der Waals surface area contributed by atoms with Crippen molar-refractivity contribution in [2.24, 2.45) is 0 Å². The Kier molecular flexibility index (Phi) is 6.06. The maximum absolute atomic E-state index is 11.9. The Morgan fingerprint density at radius 3 is 1.52 bits per heavy atom. The molecule has 0 aliphatic heterocycles. The molecule has 0 bridgehead atoms. The molecule has 0 fully saturated rings. The van der Waals surface area contributed by atoms with Gasteiger partial charge in [-0.15, -0.1) is 0 Å². The lowest BCUT2D eigenvalue weighted by molar-refractivity contribution is 0.0820. The predicted molar refractivity (Wildman–Crippen MR) is 95.9 cm³/mol. The van der Waals surface area contributed by atoms with Gasteiger partial charge < -0.3 is 19.1 Å². The van der Waals surface area contributed by atoms with Crippen molar-refractivity contribution in [3.63, 3.8) is 0 Å². The van der Waals surface area contributed by atoms with Crippen LogP contribution in [0.15, 0.2) is 48.5 Å². The zero-order valence-corrected chi connectivity index (χ0v) is 14.7. The van der Waals surface area contributed by atoms with E-state index >= 15 is 0 Å². The summed E-state index contributed by atoms with van der Waals surface area (Å²) < 4.78 is 10.8. The number of hydrogen-bond acceptors (Lipinski definition) is 4. The molecule has 0 atom stereocenters. The highest BCUT2D eigenvalue weighted by Gasteiger charge is 2.11. The van der Waals surface area contributed by atoms with Crippen molar-refractivity contribution in [2.45, 2.75) is 0 Å². The van der Waals surface area contributed by atoms with E-state index in [4.69, 9.17) is 9.31 Å². The average Bonchev–Trinajstić information content (AvgIpc) is 2.60. The van der Waals surface area contributed by atoms with Crippen molar-refractivity contribution in [2.75, 3.05) is 28.2 Å². The molecule has 0 N–H and O–H groups in total. The summed E-state index contributed by atoms with van der Waals surface area (Å²) in [6.07, 6.45) is 0. The first-order valence-electron chi connectivity index (χ1n) is 7.67. The first kappa shape index (κ1) is 18.4. The van der Waals surface area contributed by atoms with E-state index in [0.717, 1.165) is 0 Å². The highest BCUT2D eigenvalue weighted by atomic mass is 16.6. The third-order valence-electron chi connectivity index (χ3n) is 3.34. The molecule has 0 spiro atoms. The Hall–Kier alpha value is -2.96. The van der Waals surface area contributed by atoms with Crippen LogP contribution in [0.2, 0.25) is 0 Å². The van der Waals surface area contributed by atoms with Crippen molar-refractivity contribution in [1.82, 2.24) is 9.80 Å².